The van der Waals surface area contributed by atoms with E-state index in [2.05, 4.69) is 435 Å². The Balaban J connectivity index is 0.942. The van der Waals surface area contributed by atoms with Gasteiger partial charge >= 0.3 is 0 Å². The molecule has 3 aliphatic heterocycles. The van der Waals surface area contributed by atoms with Crippen LogP contribution in [-0.2, 0) is 27.1 Å². The smallest absolute Gasteiger partial charge is 0.252 e. The lowest BCUT2D eigenvalue weighted by molar-refractivity contribution is 0.572. The van der Waals surface area contributed by atoms with Crippen molar-refractivity contribution in [3.63, 3.8) is 0 Å². The molecule has 5 heterocycles. The Morgan fingerprint density at radius 2 is 0.664 bits per heavy atom. The van der Waals surface area contributed by atoms with Crippen LogP contribution in [0.2, 0.25) is 0 Å². The van der Waals surface area contributed by atoms with Crippen LogP contribution < -0.4 is 31.1 Å². The SMILES string of the molecule is CC(C)(C)c1cc2c3c(c1)N(c1c(-c4ccccc4)cc(C(C)(C)C)c4oc5ccccc5c14)c1cc4c(cc1B3c1ccc(N3c5ccccc5C(c5ccccc5)(c5ccccc5)c5ccccc53)cc1N2c1c(-c2ccccc2)cc(C(C)(C)C)c2oc3ccccc3c12)C(c1ccccc1)(c1ccccc1)c1ccccc1-4. The molecule has 1 aliphatic carbocycles. The molecule has 0 saturated heterocycles. The lowest BCUT2D eigenvalue weighted by atomic mass is 9.33. The second kappa shape index (κ2) is 25.5. The molecule has 22 rings (SSSR count). The molecule has 6 heteroatoms. The molecule has 2 aromatic heterocycles. The molecule has 18 aromatic rings. The molecule has 0 unspecified atom stereocenters. The molecule has 0 atom stereocenters. The Morgan fingerprint density at radius 1 is 0.276 bits per heavy atom. The van der Waals surface area contributed by atoms with E-state index >= 15 is 0 Å². The van der Waals surface area contributed by atoms with Crippen molar-refractivity contribution in [1.82, 2.24) is 0 Å². The number of rotatable bonds is 9. The van der Waals surface area contributed by atoms with E-state index < -0.39 is 16.2 Å². The summed E-state index contributed by atoms with van der Waals surface area (Å²) in [5.41, 5.74) is 34.4. The van der Waals surface area contributed by atoms with Crippen LogP contribution in [-0.4, -0.2) is 6.71 Å². The second-order valence-corrected chi connectivity index (χ2v) is 35.3. The Morgan fingerprint density at radius 3 is 1.11 bits per heavy atom. The lowest BCUT2D eigenvalue weighted by Crippen LogP contribution is -2.61. The van der Waals surface area contributed by atoms with Gasteiger partial charge in [-0.2, -0.15) is 0 Å². The molecule has 0 amide bonds. The Bertz CT molecular complexity index is 6900. The van der Waals surface area contributed by atoms with Gasteiger partial charge in [-0.15, -0.1) is 0 Å². The molecule has 116 heavy (non-hydrogen) atoms. The largest absolute Gasteiger partial charge is 0.456 e. The number of hydrogen-bond acceptors (Lipinski definition) is 5. The van der Waals surface area contributed by atoms with Crippen molar-refractivity contribution >= 4 is 118 Å². The highest BCUT2D eigenvalue weighted by molar-refractivity contribution is 7.00. The molecule has 0 radical (unpaired) electrons. The van der Waals surface area contributed by atoms with Crippen molar-refractivity contribution in [2.75, 3.05) is 14.7 Å². The van der Waals surface area contributed by atoms with E-state index in [1.54, 1.807) is 0 Å². The average molecular weight is 1490 g/mol. The molecule has 556 valence electrons. The fourth-order valence-corrected chi connectivity index (χ4v) is 20.7. The highest BCUT2D eigenvalue weighted by atomic mass is 16.3. The van der Waals surface area contributed by atoms with E-state index in [-0.39, 0.29) is 17.5 Å². The zero-order valence-corrected chi connectivity index (χ0v) is 66.8. The quantitative estimate of drug-likeness (QED) is 0.135. The van der Waals surface area contributed by atoms with E-state index in [4.69, 9.17) is 8.83 Å². The third-order valence-corrected chi connectivity index (χ3v) is 25.7. The summed E-state index contributed by atoms with van der Waals surface area (Å²) in [7, 11) is 0. The molecular formula is C110H86BN3O2. The topological polar surface area (TPSA) is 36.0 Å². The maximum absolute atomic E-state index is 7.54. The first-order valence-electron chi connectivity index (χ1n) is 41.0. The van der Waals surface area contributed by atoms with Crippen molar-refractivity contribution in [3.8, 4) is 33.4 Å². The van der Waals surface area contributed by atoms with Gasteiger partial charge in [0, 0.05) is 61.5 Å². The predicted octanol–water partition coefficient (Wildman–Crippen LogP) is 27.3. The number of nitrogens with zero attached hydrogens (tertiary/aromatic N) is 3. The maximum atomic E-state index is 7.54. The second-order valence-electron chi connectivity index (χ2n) is 35.3. The van der Waals surface area contributed by atoms with Crippen molar-refractivity contribution in [2.24, 2.45) is 0 Å². The summed E-state index contributed by atoms with van der Waals surface area (Å²) in [6.45, 7) is 20.8. The first kappa shape index (κ1) is 69.3. The fourth-order valence-electron chi connectivity index (χ4n) is 20.7. The molecule has 4 aliphatic rings. The monoisotopic (exact) mass is 1490 g/mol. The van der Waals surface area contributed by atoms with Gasteiger partial charge in [0.15, 0.2) is 0 Å². The first-order chi connectivity index (χ1) is 56.5. The maximum Gasteiger partial charge on any atom is 0.252 e. The van der Waals surface area contributed by atoms with Crippen molar-refractivity contribution < 1.29 is 8.83 Å². The number of anilines is 9. The third-order valence-electron chi connectivity index (χ3n) is 25.7. The van der Waals surface area contributed by atoms with Crippen molar-refractivity contribution in [2.45, 2.75) is 89.4 Å². The molecule has 16 aromatic carbocycles. The zero-order valence-electron chi connectivity index (χ0n) is 66.8. The predicted molar refractivity (Wildman–Crippen MR) is 486 cm³/mol. The van der Waals surface area contributed by atoms with Gasteiger partial charge in [-0.1, -0.05) is 353 Å². The van der Waals surface area contributed by atoms with Gasteiger partial charge in [-0.05, 0) is 172 Å². The molecule has 5 nitrogen and oxygen atoms in total. The fraction of sp³-hybridized carbons (Fsp3) is 0.127. The number of para-hydroxylation sites is 4. The van der Waals surface area contributed by atoms with Gasteiger partial charge < -0.3 is 23.5 Å². The van der Waals surface area contributed by atoms with Crippen LogP contribution in [0.4, 0.5) is 51.2 Å². The molecule has 0 spiro atoms. The number of benzene rings is 16. The van der Waals surface area contributed by atoms with Crippen LogP contribution in [0.25, 0.3) is 77.3 Å². The summed E-state index contributed by atoms with van der Waals surface area (Å²) in [4.78, 5) is 8.04. The van der Waals surface area contributed by atoms with Gasteiger partial charge in [0.1, 0.15) is 22.3 Å². The summed E-state index contributed by atoms with van der Waals surface area (Å²) < 4.78 is 15.0. The van der Waals surface area contributed by atoms with Gasteiger partial charge in [-0.3, -0.25) is 0 Å². The van der Waals surface area contributed by atoms with Crippen LogP contribution in [0.1, 0.15) is 124 Å². The summed E-state index contributed by atoms with van der Waals surface area (Å²) in [6.07, 6.45) is 0. The van der Waals surface area contributed by atoms with Crippen molar-refractivity contribution in [3.05, 3.63) is 419 Å². The first-order valence-corrected chi connectivity index (χ1v) is 41.0. The Labute approximate surface area is 679 Å². The molecule has 0 saturated carbocycles. The minimum Gasteiger partial charge on any atom is -0.456 e. The Kier molecular flexibility index (Phi) is 15.3. The van der Waals surface area contributed by atoms with Crippen molar-refractivity contribution in [1.29, 1.82) is 0 Å². The van der Waals surface area contributed by atoms with Crippen LogP contribution in [0.15, 0.2) is 367 Å². The Hall–Kier alpha value is -13.4. The van der Waals surface area contributed by atoms with Crippen LogP contribution in [0.3, 0.4) is 0 Å². The molecular weight excluding hydrogens is 1410 g/mol. The van der Waals surface area contributed by atoms with Gasteiger partial charge in [0.05, 0.1) is 44.4 Å². The van der Waals surface area contributed by atoms with E-state index in [1.165, 1.54) is 77.6 Å². The van der Waals surface area contributed by atoms with Crippen LogP contribution >= 0.6 is 0 Å². The van der Waals surface area contributed by atoms with E-state index in [0.717, 1.165) is 128 Å². The number of hydrogen-bond donors (Lipinski definition) is 0. The third kappa shape index (κ3) is 9.95. The van der Waals surface area contributed by atoms with E-state index in [1.807, 2.05) is 0 Å². The zero-order chi connectivity index (χ0) is 78.3. The summed E-state index contributed by atoms with van der Waals surface area (Å²) in [6, 6.07) is 136. The molecule has 0 fully saturated rings. The number of fused-ring (bicyclic) bond motifs is 15. The lowest BCUT2D eigenvalue weighted by Gasteiger charge is -2.48. The van der Waals surface area contributed by atoms with E-state index in [9.17, 15) is 0 Å². The summed E-state index contributed by atoms with van der Waals surface area (Å²) >= 11 is 0. The molecule has 0 N–H and O–H groups in total. The molecule has 0 bridgehead atoms. The number of furan rings is 2. The summed E-state index contributed by atoms with van der Waals surface area (Å²) in [5.74, 6) is 0. The standard InChI is InChI=1S/C110H86BN3O2/c1-106(2,3)75-62-95-101-96(63-75)114(103-81(70-40-18-11-19-41-70)66-88(108(7,8)9)105-100(103)79-52-30-37-59-98(79)116-105)94-67-82-77-50-28-31-53-83(77)109(71-42-20-12-21-43-71,72-44-22-13-23-45-72)86(82)68-90(94)111(101)89-61-60-76(112-91-56-34-32-54-84(91)110(73-46-24-14-25-47-73,74-48-26-15-27-49-74)85-55-33-35-57-92(85)112)64-93(89)113(95)102-80(69-38-16-10-17-39-69)65-87(107(4,5)6)104-99(102)78-51-29-36-58-97(78)115-104/h10-68H,1-9H3. The minimum atomic E-state index is -0.741. The highest BCUT2D eigenvalue weighted by Crippen LogP contribution is 2.63. The van der Waals surface area contributed by atoms with Gasteiger partial charge in [0.2, 0.25) is 0 Å². The van der Waals surface area contributed by atoms with E-state index in [0.29, 0.717) is 0 Å². The van der Waals surface area contributed by atoms with Crippen LogP contribution in [0, 0.1) is 0 Å². The summed E-state index contributed by atoms with van der Waals surface area (Å²) in [5, 5.41) is 4.26. The van der Waals surface area contributed by atoms with Gasteiger partial charge in [-0.25, -0.2) is 0 Å². The average Bonchev–Trinajstić information content (AvgIpc) is 1.29. The minimum absolute atomic E-state index is 0.330. The normalized spacial score (nSPS) is 14.3. The van der Waals surface area contributed by atoms with Crippen LogP contribution in [0.5, 0.6) is 0 Å². The van der Waals surface area contributed by atoms with Gasteiger partial charge in [0.25, 0.3) is 6.71 Å². The highest BCUT2D eigenvalue weighted by Gasteiger charge is 2.53.